The standard InChI is InChI=1S/C25H25N5O3/c31-23(32)10-3-18-1-4-19(5-2-18)22-17-27-24(25-26-11-12-30(22)25)28-20-6-8-21(9-7-20)29-13-15-33-16-14-29/h1-2,4-9,11-12,17H,3,10,13-16H2,(H,27,28)(H,31,32). The summed E-state index contributed by atoms with van der Waals surface area (Å²) in [6.45, 7) is 3.34. The minimum atomic E-state index is -0.790. The molecule has 1 fully saturated rings. The number of carboxylic acid groups (broad SMARTS) is 1. The number of anilines is 3. The van der Waals surface area contributed by atoms with Gasteiger partial charge in [-0.2, -0.15) is 0 Å². The Kier molecular flexibility index (Phi) is 5.91. The zero-order valence-corrected chi connectivity index (χ0v) is 18.1. The van der Waals surface area contributed by atoms with E-state index in [1.165, 1.54) is 5.69 Å². The maximum absolute atomic E-state index is 10.8. The van der Waals surface area contributed by atoms with Gasteiger partial charge in [-0.3, -0.25) is 9.20 Å². The lowest BCUT2D eigenvalue weighted by molar-refractivity contribution is -0.136. The predicted octanol–water partition coefficient (Wildman–Crippen LogP) is 3.99. The van der Waals surface area contributed by atoms with E-state index in [0.29, 0.717) is 12.2 Å². The molecule has 0 saturated carbocycles. The van der Waals surface area contributed by atoms with Crippen molar-refractivity contribution in [1.82, 2.24) is 14.4 Å². The molecule has 33 heavy (non-hydrogen) atoms. The van der Waals surface area contributed by atoms with E-state index in [9.17, 15) is 4.79 Å². The van der Waals surface area contributed by atoms with Crippen molar-refractivity contribution >= 4 is 28.8 Å². The molecule has 0 bridgehead atoms. The molecule has 2 aromatic heterocycles. The maximum Gasteiger partial charge on any atom is 0.303 e. The van der Waals surface area contributed by atoms with E-state index < -0.39 is 5.97 Å². The van der Waals surface area contributed by atoms with Crippen molar-refractivity contribution in [2.75, 3.05) is 36.5 Å². The van der Waals surface area contributed by atoms with E-state index in [1.807, 2.05) is 41.1 Å². The second-order valence-corrected chi connectivity index (χ2v) is 7.97. The molecule has 4 aromatic rings. The highest BCUT2D eigenvalue weighted by Crippen LogP contribution is 2.27. The smallest absolute Gasteiger partial charge is 0.303 e. The van der Waals surface area contributed by atoms with Gasteiger partial charge in [-0.15, -0.1) is 0 Å². The van der Waals surface area contributed by atoms with Crippen LogP contribution in [0.5, 0.6) is 0 Å². The first-order valence-corrected chi connectivity index (χ1v) is 11.0. The maximum atomic E-state index is 10.8. The number of aromatic nitrogens is 3. The summed E-state index contributed by atoms with van der Waals surface area (Å²) in [5.74, 6) is -0.108. The lowest BCUT2D eigenvalue weighted by Gasteiger charge is -2.28. The summed E-state index contributed by atoms with van der Waals surface area (Å²) in [5.41, 5.74) is 5.77. The van der Waals surface area contributed by atoms with Crippen LogP contribution in [0.15, 0.2) is 67.1 Å². The largest absolute Gasteiger partial charge is 0.481 e. The molecule has 0 spiro atoms. The number of benzene rings is 2. The third kappa shape index (κ3) is 4.65. The molecular formula is C25H25N5O3. The third-order valence-corrected chi connectivity index (χ3v) is 5.81. The minimum Gasteiger partial charge on any atom is -0.481 e. The molecule has 1 aliphatic rings. The van der Waals surface area contributed by atoms with Crippen molar-refractivity contribution < 1.29 is 14.6 Å². The van der Waals surface area contributed by atoms with Gasteiger partial charge >= 0.3 is 5.97 Å². The van der Waals surface area contributed by atoms with E-state index in [-0.39, 0.29) is 6.42 Å². The topological polar surface area (TPSA) is 92.0 Å². The number of rotatable bonds is 7. The molecule has 2 aromatic carbocycles. The molecule has 0 unspecified atom stereocenters. The summed E-state index contributed by atoms with van der Waals surface area (Å²) >= 11 is 0. The van der Waals surface area contributed by atoms with Crippen LogP contribution in [0.2, 0.25) is 0 Å². The lowest BCUT2D eigenvalue weighted by Crippen LogP contribution is -2.36. The van der Waals surface area contributed by atoms with E-state index in [4.69, 9.17) is 9.84 Å². The zero-order chi connectivity index (χ0) is 22.6. The highest BCUT2D eigenvalue weighted by atomic mass is 16.5. The zero-order valence-electron chi connectivity index (χ0n) is 18.1. The van der Waals surface area contributed by atoms with Gasteiger partial charge in [0.1, 0.15) is 0 Å². The number of carboxylic acids is 1. The van der Waals surface area contributed by atoms with Crippen LogP contribution in [-0.2, 0) is 16.0 Å². The average Bonchev–Trinajstić information content (AvgIpc) is 3.35. The normalized spacial score (nSPS) is 13.9. The quantitative estimate of drug-likeness (QED) is 0.446. The Labute approximate surface area is 191 Å². The molecular weight excluding hydrogens is 418 g/mol. The summed E-state index contributed by atoms with van der Waals surface area (Å²) in [7, 11) is 0. The Morgan fingerprint density at radius 1 is 1.03 bits per heavy atom. The number of morpholine rings is 1. The number of nitrogens with zero attached hydrogens (tertiary/aromatic N) is 4. The molecule has 0 atom stereocenters. The summed E-state index contributed by atoms with van der Waals surface area (Å²) in [4.78, 5) is 22.3. The van der Waals surface area contributed by atoms with Crippen molar-refractivity contribution in [3.8, 4) is 11.3 Å². The predicted molar refractivity (Wildman–Crippen MR) is 127 cm³/mol. The van der Waals surface area contributed by atoms with Crippen molar-refractivity contribution in [1.29, 1.82) is 0 Å². The lowest BCUT2D eigenvalue weighted by atomic mass is 10.1. The van der Waals surface area contributed by atoms with Gasteiger partial charge in [0, 0.05) is 48.8 Å². The number of nitrogens with one attached hydrogen (secondary N) is 1. The highest BCUT2D eigenvalue weighted by Gasteiger charge is 2.13. The van der Waals surface area contributed by atoms with Gasteiger partial charge in [-0.25, -0.2) is 9.97 Å². The van der Waals surface area contributed by atoms with Gasteiger partial charge in [0.25, 0.3) is 0 Å². The summed E-state index contributed by atoms with van der Waals surface area (Å²) in [6.07, 6.45) is 6.14. The molecule has 0 radical (unpaired) electrons. The van der Waals surface area contributed by atoms with E-state index >= 15 is 0 Å². The van der Waals surface area contributed by atoms with E-state index in [0.717, 1.165) is 54.5 Å². The van der Waals surface area contributed by atoms with Crippen LogP contribution < -0.4 is 10.2 Å². The molecule has 1 aliphatic heterocycles. The summed E-state index contributed by atoms with van der Waals surface area (Å²) in [6, 6.07) is 16.2. The first-order valence-electron chi connectivity index (χ1n) is 11.0. The molecule has 0 aliphatic carbocycles. The SMILES string of the molecule is O=C(O)CCc1ccc(-c2cnc(Nc3ccc(N4CCOCC4)cc3)c3nccn23)cc1. The molecule has 3 heterocycles. The number of aliphatic carboxylic acids is 1. The van der Waals surface area contributed by atoms with Crippen LogP contribution in [0.25, 0.3) is 16.9 Å². The first-order chi connectivity index (χ1) is 16.2. The van der Waals surface area contributed by atoms with Gasteiger partial charge in [-0.05, 0) is 36.2 Å². The molecule has 2 N–H and O–H groups in total. The van der Waals surface area contributed by atoms with Crippen molar-refractivity contribution in [3.05, 3.63) is 72.7 Å². The number of hydrogen-bond acceptors (Lipinski definition) is 6. The fraction of sp³-hybridized carbons (Fsp3) is 0.240. The van der Waals surface area contributed by atoms with Crippen LogP contribution in [-0.4, -0.2) is 51.7 Å². The van der Waals surface area contributed by atoms with Crippen LogP contribution in [0, 0.1) is 0 Å². The van der Waals surface area contributed by atoms with Gasteiger partial charge in [0.2, 0.25) is 0 Å². The molecule has 5 rings (SSSR count). The van der Waals surface area contributed by atoms with Crippen molar-refractivity contribution in [2.45, 2.75) is 12.8 Å². The van der Waals surface area contributed by atoms with Crippen molar-refractivity contribution in [3.63, 3.8) is 0 Å². The van der Waals surface area contributed by atoms with Crippen LogP contribution in [0.1, 0.15) is 12.0 Å². The molecule has 168 valence electrons. The van der Waals surface area contributed by atoms with E-state index in [1.54, 1.807) is 6.20 Å². The minimum absolute atomic E-state index is 0.125. The number of aryl methyl sites for hydroxylation is 1. The second kappa shape index (κ2) is 9.30. The Morgan fingerprint density at radius 3 is 2.52 bits per heavy atom. The molecule has 1 saturated heterocycles. The van der Waals surface area contributed by atoms with Crippen LogP contribution >= 0.6 is 0 Å². The molecule has 8 heteroatoms. The van der Waals surface area contributed by atoms with Gasteiger partial charge in [0.15, 0.2) is 11.5 Å². The Balaban J connectivity index is 1.35. The number of fused-ring (bicyclic) bond motifs is 1. The Bertz CT molecular complexity index is 1250. The van der Waals surface area contributed by atoms with E-state index in [2.05, 4.69) is 44.5 Å². The van der Waals surface area contributed by atoms with Crippen LogP contribution in [0.3, 0.4) is 0 Å². The van der Waals surface area contributed by atoms with Gasteiger partial charge in [-0.1, -0.05) is 24.3 Å². The molecule has 0 amide bonds. The summed E-state index contributed by atoms with van der Waals surface area (Å²) in [5, 5.41) is 12.3. The average molecular weight is 444 g/mol. The number of ether oxygens (including phenoxy) is 1. The monoisotopic (exact) mass is 443 g/mol. The third-order valence-electron chi connectivity index (χ3n) is 5.81. The highest BCUT2D eigenvalue weighted by molar-refractivity contribution is 5.75. The number of imidazole rings is 1. The summed E-state index contributed by atoms with van der Waals surface area (Å²) < 4.78 is 7.43. The fourth-order valence-corrected chi connectivity index (χ4v) is 4.03. The number of hydrogen-bond donors (Lipinski definition) is 2. The Morgan fingerprint density at radius 2 is 1.79 bits per heavy atom. The number of carbonyl (C=O) groups is 1. The first kappa shape index (κ1) is 21.0. The van der Waals surface area contributed by atoms with Gasteiger partial charge < -0.3 is 20.1 Å². The second-order valence-electron chi connectivity index (χ2n) is 7.97. The van der Waals surface area contributed by atoms with Crippen LogP contribution in [0.4, 0.5) is 17.2 Å². The van der Waals surface area contributed by atoms with Crippen molar-refractivity contribution in [2.24, 2.45) is 0 Å². The Hall–Kier alpha value is -3.91. The fourth-order valence-electron chi connectivity index (χ4n) is 4.03. The van der Waals surface area contributed by atoms with Gasteiger partial charge in [0.05, 0.1) is 25.1 Å². The molecule has 8 nitrogen and oxygen atoms in total.